The molecule has 1 aliphatic heterocycles. The number of aromatic nitrogens is 2. The Hall–Kier alpha value is -3.40. The van der Waals surface area contributed by atoms with Gasteiger partial charge < -0.3 is 20.5 Å². The first kappa shape index (κ1) is 22.8. The van der Waals surface area contributed by atoms with Gasteiger partial charge in [0.25, 0.3) is 0 Å². The molecule has 3 aromatic rings. The Balaban J connectivity index is 1.66. The molecule has 10 heteroatoms. The molecule has 1 amide bonds. The molecule has 33 heavy (non-hydrogen) atoms. The van der Waals surface area contributed by atoms with Gasteiger partial charge in [0.2, 0.25) is 5.91 Å². The number of fused-ring (bicyclic) bond motifs is 1. The van der Waals surface area contributed by atoms with Crippen LogP contribution in [0.15, 0.2) is 48.5 Å². The smallest absolute Gasteiger partial charge is 0.340 e. The number of anilines is 2. The van der Waals surface area contributed by atoms with Crippen LogP contribution >= 0.6 is 0 Å². The number of nitrogens with two attached hydrogens (primary N) is 1. The minimum Gasteiger partial charge on any atom is -0.340 e. The number of halogens is 4. The molecule has 0 aliphatic carbocycles. The second-order valence-electron chi connectivity index (χ2n) is 8.06. The summed E-state index contributed by atoms with van der Waals surface area (Å²) < 4.78 is 53.4. The minimum atomic E-state index is -4.52. The van der Waals surface area contributed by atoms with Gasteiger partial charge in [0.1, 0.15) is 23.2 Å². The summed E-state index contributed by atoms with van der Waals surface area (Å²) >= 11 is 0. The SMILES string of the molecule is Cc1ccc(Nc2c(-c3ccc(F)cc3)nc3n2CCN(C(=O)C(N)CC(F)(F)F)C3)cc1. The van der Waals surface area contributed by atoms with Crippen molar-refractivity contribution in [3.8, 4) is 11.3 Å². The summed E-state index contributed by atoms with van der Waals surface area (Å²) in [5, 5.41) is 3.35. The highest BCUT2D eigenvalue weighted by atomic mass is 19.4. The summed E-state index contributed by atoms with van der Waals surface area (Å²) in [6.45, 7) is 2.51. The van der Waals surface area contributed by atoms with Crippen LogP contribution in [0, 0.1) is 12.7 Å². The lowest BCUT2D eigenvalue weighted by molar-refractivity contribution is -0.153. The maximum absolute atomic E-state index is 13.5. The number of carbonyl (C=O) groups is 1. The van der Waals surface area contributed by atoms with Gasteiger partial charge in [-0.25, -0.2) is 9.37 Å². The van der Waals surface area contributed by atoms with Gasteiger partial charge in [-0.2, -0.15) is 13.2 Å². The summed E-state index contributed by atoms with van der Waals surface area (Å²) in [5.41, 5.74) is 8.66. The number of nitrogens with zero attached hydrogens (tertiary/aromatic N) is 3. The molecular weight excluding hydrogens is 438 g/mol. The van der Waals surface area contributed by atoms with Crippen molar-refractivity contribution in [2.24, 2.45) is 5.73 Å². The molecule has 0 bridgehead atoms. The van der Waals surface area contributed by atoms with E-state index in [1.807, 2.05) is 35.8 Å². The first-order valence-corrected chi connectivity index (χ1v) is 10.4. The first-order chi connectivity index (χ1) is 15.6. The van der Waals surface area contributed by atoms with Crippen LogP contribution in [0.4, 0.5) is 29.1 Å². The number of rotatable bonds is 5. The summed E-state index contributed by atoms with van der Waals surface area (Å²) in [5.74, 6) is 0.0130. The number of aryl methyl sites for hydroxylation is 1. The first-order valence-electron chi connectivity index (χ1n) is 10.4. The number of hydrogen-bond donors (Lipinski definition) is 2. The number of alkyl halides is 3. The third kappa shape index (κ3) is 5.16. The zero-order valence-electron chi connectivity index (χ0n) is 17.9. The molecule has 1 atom stereocenters. The highest BCUT2D eigenvalue weighted by molar-refractivity contribution is 5.82. The normalized spacial score (nSPS) is 14.7. The van der Waals surface area contributed by atoms with Crippen LogP contribution in [0.3, 0.4) is 0 Å². The standard InChI is InChI=1S/C23H23F4N5O/c1-14-2-8-17(9-3-14)29-21-20(15-4-6-16(24)7-5-15)30-19-13-31(10-11-32(19)21)22(33)18(28)12-23(25,26)27/h2-9,18,29H,10-13,28H2,1H3. The topological polar surface area (TPSA) is 76.2 Å². The van der Waals surface area contributed by atoms with Gasteiger partial charge in [0.05, 0.1) is 19.0 Å². The van der Waals surface area contributed by atoms with E-state index in [4.69, 9.17) is 5.73 Å². The summed E-state index contributed by atoms with van der Waals surface area (Å²) in [7, 11) is 0. The molecule has 0 radical (unpaired) electrons. The van der Waals surface area contributed by atoms with E-state index >= 15 is 0 Å². The number of nitrogens with one attached hydrogen (secondary N) is 1. The lowest BCUT2D eigenvalue weighted by Gasteiger charge is -2.30. The fourth-order valence-electron chi connectivity index (χ4n) is 3.80. The Morgan fingerprint density at radius 2 is 1.79 bits per heavy atom. The van der Waals surface area contributed by atoms with Crippen molar-refractivity contribution in [1.29, 1.82) is 0 Å². The van der Waals surface area contributed by atoms with E-state index in [2.05, 4.69) is 10.3 Å². The van der Waals surface area contributed by atoms with Crippen molar-refractivity contribution in [2.75, 3.05) is 11.9 Å². The average Bonchev–Trinajstić information content (AvgIpc) is 3.11. The van der Waals surface area contributed by atoms with Crippen LogP contribution < -0.4 is 11.1 Å². The van der Waals surface area contributed by atoms with Crippen LogP contribution in [-0.2, 0) is 17.9 Å². The lowest BCUT2D eigenvalue weighted by Crippen LogP contribution is -2.48. The number of imidazole rings is 1. The fourth-order valence-corrected chi connectivity index (χ4v) is 3.80. The lowest BCUT2D eigenvalue weighted by atomic mass is 10.1. The van der Waals surface area contributed by atoms with Crippen LogP contribution in [0.1, 0.15) is 17.8 Å². The number of benzene rings is 2. The number of hydrogen-bond acceptors (Lipinski definition) is 4. The second kappa shape index (κ2) is 8.86. The predicted octanol–water partition coefficient (Wildman–Crippen LogP) is 4.36. The molecule has 1 aliphatic rings. The van der Waals surface area contributed by atoms with E-state index in [9.17, 15) is 22.4 Å². The molecule has 2 heterocycles. The summed E-state index contributed by atoms with van der Waals surface area (Å²) in [6, 6.07) is 11.9. The van der Waals surface area contributed by atoms with Crippen molar-refractivity contribution in [3.63, 3.8) is 0 Å². The zero-order valence-corrected chi connectivity index (χ0v) is 17.9. The Morgan fingerprint density at radius 1 is 1.12 bits per heavy atom. The monoisotopic (exact) mass is 461 g/mol. The molecule has 1 aromatic heterocycles. The molecule has 174 valence electrons. The zero-order chi connectivity index (χ0) is 23.8. The molecule has 0 spiro atoms. The van der Waals surface area contributed by atoms with Crippen LogP contribution in [0.25, 0.3) is 11.3 Å². The molecule has 3 N–H and O–H groups in total. The van der Waals surface area contributed by atoms with E-state index in [0.717, 1.165) is 11.3 Å². The minimum absolute atomic E-state index is 0.0220. The molecule has 2 aromatic carbocycles. The van der Waals surface area contributed by atoms with Crippen molar-refractivity contribution in [3.05, 3.63) is 65.7 Å². The molecule has 0 fully saturated rings. The predicted molar refractivity (Wildman–Crippen MR) is 116 cm³/mol. The second-order valence-corrected chi connectivity index (χ2v) is 8.06. The van der Waals surface area contributed by atoms with Crippen molar-refractivity contribution >= 4 is 17.4 Å². The number of amides is 1. The van der Waals surface area contributed by atoms with Gasteiger partial charge in [-0.05, 0) is 43.3 Å². The Kier molecular flexibility index (Phi) is 6.11. The molecule has 0 saturated heterocycles. The van der Waals surface area contributed by atoms with Crippen molar-refractivity contribution in [1.82, 2.24) is 14.5 Å². The highest BCUT2D eigenvalue weighted by Gasteiger charge is 2.36. The quantitative estimate of drug-likeness (QED) is 0.554. The van der Waals surface area contributed by atoms with E-state index < -0.39 is 24.5 Å². The van der Waals surface area contributed by atoms with Gasteiger partial charge in [0.15, 0.2) is 0 Å². The van der Waals surface area contributed by atoms with Gasteiger partial charge in [-0.3, -0.25) is 4.79 Å². The molecular formula is C23H23F4N5O. The molecule has 4 rings (SSSR count). The van der Waals surface area contributed by atoms with E-state index in [1.165, 1.54) is 17.0 Å². The summed E-state index contributed by atoms with van der Waals surface area (Å²) in [4.78, 5) is 18.5. The van der Waals surface area contributed by atoms with Crippen molar-refractivity contribution < 1.29 is 22.4 Å². The maximum atomic E-state index is 13.5. The Morgan fingerprint density at radius 3 is 2.42 bits per heavy atom. The number of carbonyl (C=O) groups excluding carboxylic acids is 1. The Bertz CT molecular complexity index is 1140. The highest BCUT2D eigenvalue weighted by Crippen LogP contribution is 2.33. The largest absolute Gasteiger partial charge is 0.391 e. The maximum Gasteiger partial charge on any atom is 0.391 e. The fraction of sp³-hybridized carbons (Fsp3) is 0.304. The molecule has 0 saturated carbocycles. The molecule has 1 unspecified atom stereocenters. The molecule has 6 nitrogen and oxygen atoms in total. The van der Waals surface area contributed by atoms with Gasteiger partial charge in [0, 0.05) is 24.3 Å². The van der Waals surface area contributed by atoms with Gasteiger partial charge in [-0.1, -0.05) is 17.7 Å². The van der Waals surface area contributed by atoms with Crippen LogP contribution in [-0.4, -0.2) is 39.1 Å². The summed E-state index contributed by atoms with van der Waals surface area (Å²) in [6.07, 6.45) is -5.90. The van der Waals surface area contributed by atoms with Crippen LogP contribution in [0.2, 0.25) is 0 Å². The van der Waals surface area contributed by atoms with Gasteiger partial charge >= 0.3 is 6.18 Å². The van der Waals surface area contributed by atoms with Gasteiger partial charge in [-0.15, -0.1) is 0 Å². The van der Waals surface area contributed by atoms with E-state index in [1.54, 1.807) is 12.1 Å². The van der Waals surface area contributed by atoms with Crippen LogP contribution in [0.5, 0.6) is 0 Å². The third-order valence-corrected chi connectivity index (χ3v) is 5.48. The van der Waals surface area contributed by atoms with E-state index in [-0.39, 0.29) is 18.9 Å². The van der Waals surface area contributed by atoms with E-state index in [0.29, 0.717) is 29.4 Å². The third-order valence-electron chi connectivity index (χ3n) is 5.48. The average molecular weight is 461 g/mol. The Labute approximate surface area is 188 Å². The van der Waals surface area contributed by atoms with Crippen molar-refractivity contribution in [2.45, 2.75) is 38.7 Å².